The molecule has 0 atom stereocenters. The highest BCUT2D eigenvalue weighted by Crippen LogP contribution is 2.25. The van der Waals surface area contributed by atoms with Crippen molar-refractivity contribution in [1.29, 1.82) is 0 Å². The number of thiazole rings is 1. The van der Waals surface area contributed by atoms with Gasteiger partial charge in [-0.25, -0.2) is 4.98 Å². The van der Waals surface area contributed by atoms with Crippen molar-refractivity contribution >= 4 is 39.1 Å². The second-order valence-electron chi connectivity index (χ2n) is 7.48. The van der Waals surface area contributed by atoms with Gasteiger partial charge in [-0.1, -0.05) is 30.3 Å². The number of aromatic nitrogens is 4. The zero-order valence-electron chi connectivity index (χ0n) is 17.6. The predicted octanol–water partition coefficient (Wildman–Crippen LogP) is 3.89. The maximum atomic E-state index is 10.2. The molecule has 0 aliphatic rings. The maximum absolute atomic E-state index is 10.2. The second kappa shape index (κ2) is 9.67. The average Bonchev–Trinajstić information content (AvgIpc) is 3.21. The van der Waals surface area contributed by atoms with Gasteiger partial charge in [-0.15, -0.1) is 11.3 Å². The van der Waals surface area contributed by atoms with Crippen LogP contribution in [0, 0.1) is 0 Å². The molecule has 2 heterocycles. The number of hydrogen-bond donors (Lipinski definition) is 2. The molecular formula is C22H25N7OS. The molecule has 0 aliphatic heterocycles. The van der Waals surface area contributed by atoms with E-state index >= 15 is 0 Å². The topological polar surface area (TPSA) is 90.3 Å². The first-order chi connectivity index (χ1) is 15.1. The van der Waals surface area contributed by atoms with Gasteiger partial charge in [-0.2, -0.15) is 15.0 Å². The number of nitrogens with one attached hydrogen (secondary N) is 1. The Labute approximate surface area is 185 Å². The molecule has 4 rings (SSSR count). The number of fused-ring (bicyclic) bond motifs is 1. The standard InChI is InChI=1S/C22H25N7OS/c1-28(2)11-6-12-29(14-16-7-4-3-5-8-16)21-25-20(26-22(30)27-21)24-17-9-10-18-19(13-17)31-15-23-18/h3-5,7-10,13,15H,6,11-12,14H2,1-2H3,(H2,24,25,26,27,30). The largest absolute Gasteiger partial charge is 0.479 e. The summed E-state index contributed by atoms with van der Waals surface area (Å²) in [5.41, 5.74) is 4.74. The van der Waals surface area contributed by atoms with Crippen LogP contribution in [0.15, 0.2) is 54.0 Å². The molecule has 0 saturated carbocycles. The Morgan fingerprint density at radius 3 is 2.65 bits per heavy atom. The van der Waals surface area contributed by atoms with Crippen molar-refractivity contribution in [3.8, 4) is 6.01 Å². The summed E-state index contributed by atoms with van der Waals surface area (Å²) >= 11 is 1.57. The lowest BCUT2D eigenvalue weighted by Gasteiger charge is -2.24. The van der Waals surface area contributed by atoms with Gasteiger partial charge in [-0.05, 0) is 50.8 Å². The minimum absolute atomic E-state index is 0.303. The third-order valence-electron chi connectivity index (χ3n) is 4.73. The molecular weight excluding hydrogens is 410 g/mol. The van der Waals surface area contributed by atoms with Crippen LogP contribution in [-0.2, 0) is 6.54 Å². The fraction of sp³-hybridized carbons (Fsp3) is 0.273. The quantitative estimate of drug-likeness (QED) is 0.409. The van der Waals surface area contributed by atoms with Gasteiger partial charge in [0.15, 0.2) is 0 Å². The number of hydrogen-bond acceptors (Lipinski definition) is 9. The van der Waals surface area contributed by atoms with Gasteiger partial charge in [0.25, 0.3) is 0 Å². The summed E-state index contributed by atoms with van der Waals surface area (Å²) in [6.07, 6.45) is 0.942. The van der Waals surface area contributed by atoms with E-state index in [-0.39, 0.29) is 6.01 Å². The molecule has 8 nitrogen and oxygen atoms in total. The van der Waals surface area contributed by atoms with Gasteiger partial charge in [0, 0.05) is 18.8 Å². The highest BCUT2D eigenvalue weighted by atomic mass is 32.1. The molecule has 0 radical (unpaired) electrons. The van der Waals surface area contributed by atoms with Gasteiger partial charge in [0.05, 0.1) is 15.7 Å². The first-order valence-corrected chi connectivity index (χ1v) is 10.9. The number of aromatic hydroxyl groups is 1. The molecule has 2 aromatic carbocycles. The fourth-order valence-electron chi connectivity index (χ4n) is 3.24. The third kappa shape index (κ3) is 5.65. The predicted molar refractivity (Wildman–Crippen MR) is 125 cm³/mol. The molecule has 31 heavy (non-hydrogen) atoms. The lowest BCUT2D eigenvalue weighted by molar-refractivity contribution is 0.398. The summed E-state index contributed by atoms with van der Waals surface area (Å²) in [6.45, 7) is 2.34. The SMILES string of the molecule is CN(C)CCCN(Cc1ccccc1)c1nc(O)nc(Nc2ccc3ncsc3c2)n1. The molecule has 0 fully saturated rings. The zero-order valence-corrected chi connectivity index (χ0v) is 18.4. The second-order valence-corrected chi connectivity index (χ2v) is 8.37. The van der Waals surface area contributed by atoms with E-state index in [2.05, 4.69) is 61.3 Å². The van der Waals surface area contributed by atoms with Crippen molar-refractivity contribution in [2.24, 2.45) is 0 Å². The van der Waals surface area contributed by atoms with Crippen LogP contribution in [0.1, 0.15) is 12.0 Å². The van der Waals surface area contributed by atoms with Gasteiger partial charge < -0.3 is 20.2 Å². The minimum Gasteiger partial charge on any atom is -0.479 e. The molecule has 160 valence electrons. The Bertz CT molecular complexity index is 1130. The minimum atomic E-state index is -0.308. The van der Waals surface area contributed by atoms with Crippen molar-refractivity contribution in [3.05, 3.63) is 59.6 Å². The molecule has 9 heteroatoms. The molecule has 0 spiro atoms. The summed E-state index contributed by atoms with van der Waals surface area (Å²) in [5.74, 6) is 0.744. The van der Waals surface area contributed by atoms with Gasteiger partial charge >= 0.3 is 6.01 Å². The third-order valence-corrected chi connectivity index (χ3v) is 5.52. The molecule has 0 bridgehead atoms. The molecule has 4 aromatic rings. The normalized spacial score (nSPS) is 11.2. The van der Waals surface area contributed by atoms with Crippen LogP contribution in [0.3, 0.4) is 0 Å². The first-order valence-electron chi connectivity index (χ1n) is 10.1. The van der Waals surface area contributed by atoms with Gasteiger partial charge in [0.1, 0.15) is 0 Å². The maximum Gasteiger partial charge on any atom is 0.320 e. The van der Waals surface area contributed by atoms with Gasteiger partial charge in [-0.3, -0.25) is 0 Å². The highest BCUT2D eigenvalue weighted by Gasteiger charge is 2.15. The number of rotatable bonds is 9. The Morgan fingerprint density at radius 1 is 1.00 bits per heavy atom. The zero-order chi connectivity index (χ0) is 21.6. The summed E-state index contributed by atoms with van der Waals surface area (Å²) in [5, 5.41) is 13.4. The van der Waals surface area contributed by atoms with Crippen LogP contribution in [0.25, 0.3) is 10.2 Å². The van der Waals surface area contributed by atoms with E-state index in [0.29, 0.717) is 18.4 Å². The molecule has 0 saturated heterocycles. The highest BCUT2D eigenvalue weighted by molar-refractivity contribution is 7.16. The summed E-state index contributed by atoms with van der Waals surface area (Å²) in [4.78, 5) is 21.4. The molecule has 0 amide bonds. The number of nitrogens with zero attached hydrogens (tertiary/aromatic N) is 6. The Hall–Kier alpha value is -3.30. The van der Waals surface area contributed by atoms with E-state index in [9.17, 15) is 5.11 Å². The lowest BCUT2D eigenvalue weighted by Crippen LogP contribution is -2.28. The van der Waals surface area contributed by atoms with Crippen molar-refractivity contribution in [2.75, 3.05) is 37.4 Å². The van der Waals surface area contributed by atoms with E-state index in [1.165, 1.54) is 0 Å². The van der Waals surface area contributed by atoms with E-state index in [4.69, 9.17) is 0 Å². The van der Waals surface area contributed by atoms with Crippen molar-refractivity contribution in [2.45, 2.75) is 13.0 Å². The Kier molecular flexibility index (Phi) is 6.54. The Morgan fingerprint density at radius 2 is 1.84 bits per heavy atom. The smallest absolute Gasteiger partial charge is 0.320 e. The summed E-state index contributed by atoms with van der Waals surface area (Å²) < 4.78 is 1.07. The molecule has 0 aliphatic carbocycles. The van der Waals surface area contributed by atoms with Crippen LogP contribution < -0.4 is 10.2 Å². The van der Waals surface area contributed by atoms with Crippen molar-refractivity contribution in [1.82, 2.24) is 24.8 Å². The molecule has 0 unspecified atom stereocenters. The molecule has 2 aromatic heterocycles. The lowest BCUT2D eigenvalue weighted by atomic mass is 10.2. The first kappa shape index (κ1) is 21.0. The van der Waals surface area contributed by atoms with E-state index in [1.54, 1.807) is 11.3 Å². The average molecular weight is 436 g/mol. The monoisotopic (exact) mass is 435 g/mol. The van der Waals surface area contributed by atoms with Crippen LogP contribution in [0.5, 0.6) is 6.01 Å². The number of anilines is 3. The van der Waals surface area contributed by atoms with E-state index < -0.39 is 0 Å². The summed E-state index contributed by atoms with van der Waals surface area (Å²) in [6, 6.07) is 15.7. The van der Waals surface area contributed by atoms with Crippen molar-refractivity contribution in [3.63, 3.8) is 0 Å². The van der Waals surface area contributed by atoms with Crippen molar-refractivity contribution < 1.29 is 5.11 Å². The molecule has 2 N–H and O–H groups in total. The fourth-order valence-corrected chi connectivity index (χ4v) is 3.96. The van der Waals surface area contributed by atoms with Crippen LogP contribution >= 0.6 is 11.3 Å². The number of benzene rings is 2. The van der Waals surface area contributed by atoms with Crippen LogP contribution in [0.4, 0.5) is 17.6 Å². The van der Waals surface area contributed by atoms with Crippen LogP contribution in [-0.4, -0.2) is 57.1 Å². The van der Waals surface area contributed by atoms with Crippen LogP contribution in [0.2, 0.25) is 0 Å². The van der Waals surface area contributed by atoms with E-state index in [0.717, 1.165) is 41.0 Å². The van der Waals surface area contributed by atoms with E-state index in [1.807, 2.05) is 41.9 Å². The van der Waals surface area contributed by atoms with Gasteiger partial charge in [0.2, 0.25) is 11.9 Å². The Balaban J connectivity index is 1.58. The summed E-state index contributed by atoms with van der Waals surface area (Å²) in [7, 11) is 4.11.